The van der Waals surface area contributed by atoms with Crippen molar-refractivity contribution >= 4 is 16.1 Å². The van der Waals surface area contributed by atoms with Gasteiger partial charge in [0, 0.05) is 26.7 Å². The third kappa shape index (κ3) is 4.43. The van der Waals surface area contributed by atoms with Gasteiger partial charge in [-0.3, -0.25) is 0 Å². The minimum Gasteiger partial charge on any atom is -0.445 e. The van der Waals surface area contributed by atoms with Gasteiger partial charge < -0.3 is 14.4 Å². The maximum absolute atomic E-state index is 11.9. The second-order valence-electron chi connectivity index (χ2n) is 5.00. The summed E-state index contributed by atoms with van der Waals surface area (Å²) in [7, 11) is -1.91. The zero-order valence-corrected chi connectivity index (χ0v) is 13.2. The lowest BCUT2D eigenvalue weighted by molar-refractivity contribution is 0.0766. The molecule has 0 atom stereocenters. The molecule has 0 aromatic heterocycles. The lowest BCUT2D eigenvalue weighted by atomic mass is 10.2. The summed E-state index contributed by atoms with van der Waals surface area (Å²) >= 11 is 0. The number of rotatable bonds is 7. The quantitative estimate of drug-likeness (QED) is 0.740. The Morgan fingerprint density at radius 2 is 2.00 bits per heavy atom. The Morgan fingerprint density at radius 3 is 2.64 bits per heavy atom. The molecule has 122 valence electrons. The van der Waals surface area contributed by atoms with Crippen LogP contribution in [0, 0.1) is 0 Å². The Balaban J connectivity index is 1.72. The maximum Gasteiger partial charge on any atom is 0.410 e. The molecule has 0 saturated carbocycles. The molecule has 8 heteroatoms. The summed E-state index contributed by atoms with van der Waals surface area (Å²) in [5, 5.41) is -0.589. The van der Waals surface area contributed by atoms with Crippen LogP contribution in [0.25, 0.3) is 0 Å². The summed E-state index contributed by atoms with van der Waals surface area (Å²) in [5.41, 5.74) is 0.891. The largest absolute Gasteiger partial charge is 0.445 e. The molecule has 1 fully saturated rings. The van der Waals surface area contributed by atoms with Crippen LogP contribution in [0.3, 0.4) is 0 Å². The number of nitrogens with zero attached hydrogens (tertiary/aromatic N) is 1. The highest BCUT2D eigenvalue weighted by molar-refractivity contribution is 7.90. The van der Waals surface area contributed by atoms with Crippen molar-refractivity contribution in [1.29, 1.82) is 0 Å². The van der Waals surface area contributed by atoms with Crippen LogP contribution in [0.4, 0.5) is 4.79 Å². The van der Waals surface area contributed by atoms with Gasteiger partial charge in [-0.2, -0.15) is 0 Å². The van der Waals surface area contributed by atoms with Gasteiger partial charge in [0.2, 0.25) is 10.0 Å². The van der Waals surface area contributed by atoms with E-state index >= 15 is 0 Å². The number of ether oxygens (including phenoxy) is 2. The van der Waals surface area contributed by atoms with Gasteiger partial charge in [0.25, 0.3) is 0 Å². The highest BCUT2D eigenvalue weighted by Gasteiger charge is 2.40. The maximum atomic E-state index is 11.9. The van der Waals surface area contributed by atoms with E-state index in [0.29, 0.717) is 6.61 Å². The first-order valence-electron chi connectivity index (χ1n) is 6.96. The number of hydrogen-bond donors (Lipinski definition) is 1. The number of carbonyl (C=O) groups excluding carboxylic acids is 1. The fourth-order valence-electron chi connectivity index (χ4n) is 2.00. The molecule has 1 saturated heterocycles. The first kappa shape index (κ1) is 16.7. The second kappa shape index (κ2) is 7.57. The molecule has 0 spiro atoms. The molecule has 1 N–H and O–H groups in total. The molecule has 7 nitrogen and oxygen atoms in total. The SMILES string of the molecule is COCCNS(=O)(=O)C1CN(C(=O)OCc2ccccc2)C1. The predicted molar refractivity (Wildman–Crippen MR) is 80.8 cm³/mol. The summed E-state index contributed by atoms with van der Waals surface area (Å²) < 4.78 is 36.2. The van der Waals surface area contributed by atoms with Crippen molar-refractivity contribution < 1.29 is 22.7 Å². The summed E-state index contributed by atoms with van der Waals surface area (Å²) in [6.45, 7) is 1.02. The van der Waals surface area contributed by atoms with Crippen molar-refractivity contribution in [2.75, 3.05) is 33.4 Å². The number of carbonyl (C=O) groups is 1. The van der Waals surface area contributed by atoms with E-state index in [4.69, 9.17) is 9.47 Å². The van der Waals surface area contributed by atoms with Crippen LogP contribution in [0.15, 0.2) is 30.3 Å². The molecule has 1 amide bonds. The Labute approximate surface area is 130 Å². The van der Waals surface area contributed by atoms with Crippen molar-refractivity contribution in [2.45, 2.75) is 11.9 Å². The van der Waals surface area contributed by atoms with E-state index in [-0.39, 0.29) is 26.2 Å². The van der Waals surface area contributed by atoms with Gasteiger partial charge in [0.15, 0.2) is 0 Å². The van der Waals surface area contributed by atoms with Gasteiger partial charge >= 0.3 is 6.09 Å². The van der Waals surface area contributed by atoms with Crippen LogP contribution in [0.1, 0.15) is 5.56 Å². The third-order valence-electron chi connectivity index (χ3n) is 3.36. The highest BCUT2D eigenvalue weighted by Crippen LogP contribution is 2.17. The van der Waals surface area contributed by atoms with Crippen LogP contribution in [0.2, 0.25) is 0 Å². The molecule has 1 aliphatic heterocycles. The molecular weight excluding hydrogens is 308 g/mol. The normalized spacial score (nSPS) is 15.4. The van der Waals surface area contributed by atoms with Crippen LogP contribution < -0.4 is 4.72 Å². The molecule has 1 aromatic carbocycles. The van der Waals surface area contributed by atoms with Crippen LogP contribution in [-0.2, 0) is 26.1 Å². The van der Waals surface area contributed by atoms with Crippen molar-refractivity contribution in [3.8, 4) is 0 Å². The second-order valence-corrected chi connectivity index (χ2v) is 7.04. The number of sulfonamides is 1. The predicted octanol–water partition coefficient (Wildman–Crippen LogP) is 0.573. The lowest BCUT2D eigenvalue weighted by Crippen LogP contribution is -2.59. The molecule has 1 heterocycles. The molecule has 1 aliphatic rings. The van der Waals surface area contributed by atoms with E-state index < -0.39 is 21.4 Å². The van der Waals surface area contributed by atoms with E-state index in [1.807, 2.05) is 30.3 Å². The molecule has 0 bridgehead atoms. The standard InChI is InChI=1S/C14H20N2O5S/c1-20-8-7-15-22(18,19)13-9-16(10-13)14(17)21-11-12-5-3-2-4-6-12/h2-6,13,15H,7-11H2,1H3. The van der Waals surface area contributed by atoms with Gasteiger partial charge in [-0.05, 0) is 5.56 Å². The number of benzene rings is 1. The number of methoxy groups -OCH3 is 1. The van der Waals surface area contributed by atoms with E-state index in [1.165, 1.54) is 12.0 Å². The lowest BCUT2D eigenvalue weighted by Gasteiger charge is -2.37. The van der Waals surface area contributed by atoms with Crippen LogP contribution >= 0.6 is 0 Å². The van der Waals surface area contributed by atoms with E-state index in [2.05, 4.69) is 4.72 Å². The minimum atomic E-state index is -3.41. The smallest absolute Gasteiger partial charge is 0.410 e. The third-order valence-corrected chi connectivity index (χ3v) is 5.14. The molecule has 1 aromatic rings. The molecule has 0 aliphatic carbocycles. The number of nitrogens with one attached hydrogen (secondary N) is 1. The fraction of sp³-hybridized carbons (Fsp3) is 0.500. The fourth-order valence-corrected chi connectivity index (χ4v) is 3.35. The first-order chi connectivity index (χ1) is 10.5. The Morgan fingerprint density at radius 1 is 1.32 bits per heavy atom. The van der Waals surface area contributed by atoms with Crippen LogP contribution in [0.5, 0.6) is 0 Å². The zero-order valence-electron chi connectivity index (χ0n) is 12.4. The molecule has 0 radical (unpaired) electrons. The monoisotopic (exact) mass is 328 g/mol. The summed E-state index contributed by atoms with van der Waals surface area (Å²) in [6, 6.07) is 9.32. The number of likely N-dealkylation sites (tertiary alicyclic amines) is 1. The van der Waals surface area contributed by atoms with Gasteiger partial charge in [-0.1, -0.05) is 30.3 Å². The van der Waals surface area contributed by atoms with Crippen molar-refractivity contribution in [1.82, 2.24) is 9.62 Å². The zero-order chi connectivity index (χ0) is 16.0. The Bertz CT molecular complexity index is 585. The van der Waals surface area contributed by atoms with Crippen molar-refractivity contribution in [2.24, 2.45) is 0 Å². The highest BCUT2D eigenvalue weighted by atomic mass is 32.2. The van der Waals surface area contributed by atoms with Crippen molar-refractivity contribution in [3.05, 3.63) is 35.9 Å². The van der Waals surface area contributed by atoms with E-state index in [9.17, 15) is 13.2 Å². The average molecular weight is 328 g/mol. The summed E-state index contributed by atoms with van der Waals surface area (Å²) in [4.78, 5) is 13.2. The Hall–Kier alpha value is -1.64. The topological polar surface area (TPSA) is 84.9 Å². The summed E-state index contributed by atoms with van der Waals surface area (Å²) in [6.07, 6.45) is -0.493. The van der Waals surface area contributed by atoms with Gasteiger partial charge in [0.1, 0.15) is 11.9 Å². The van der Waals surface area contributed by atoms with Gasteiger partial charge in [-0.25, -0.2) is 17.9 Å². The number of amides is 1. The number of hydrogen-bond acceptors (Lipinski definition) is 5. The Kier molecular flexibility index (Phi) is 5.76. The van der Waals surface area contributed by atoms with E-state index in [1.54, 1.807) is 0 Å². The van der Waals surface area contributed by atoms with Crippen LogP contribution in [-0.4, -0.2) is 58.0 Å². The van der Waals surface area contributed by atoms with Crippen molar-refractivity contribution in [3.63, 3.8) is 0 Å². The molecule has 2 rings (SSSR count). The van der Waals surface area contributed by atoms with E-state index in [0.717, 1.165) is 5.56 Å². The van der Waals surface area contributed by atoms with Gasteiger partial charge in [-0.15, -0.1) is 0 Å². The van der Waals surface area contributed by atoms with Gasteiger partial charge in [0.05, 0.1) is 6.61 Å². The molecule has 0 unspecified atom stereocenters. The minimum absolute atomic E-state index is 0.149. The molecule has 22 heavy (non-hydrogen) atoms. The average Bonchev–Trinajstić information content (AvgIpc) is 2.44. The first-order valence-corrected chi connectivity index (χ1v) is 8.50. The molecular formula is C14H20N2O5S. The summed E-state index contributed by atoms with van der Waals surface area (Å²) in [5.74, 6) is 0.